The zero-order valence-electron chi connectivity index (χ0n) is 43.3. The number of nitrogens with one attached hydrogen (secondary N) is 4. The fourth-order valence-electron chi connectivity index (χ4n) is 14.9. The number of amides is 4. The molecule has 7 aliphatic carbocycles. The summed E-state index contributed by atoms with van der Waals surface area (Å²) < 4.78 is 0. The molecule has 4 heterocycles. The zero-order chi connectivity index (χ0) is 47.6. The van der Waals surface area contributed by atoms with Gasteiger partial charge in [0, 0.05) is 50.8 Å². The Hall–Kier alpha value is -2.54. The number of likely N-dealkylation sites (tertiary alicyclic amines) is 4. The maximum Gasteiger partial charge on any atom is 0.239 e. The molecule has 0 aromatic rings. The lowest BCUT2D eigenvalue weighted by Crippen LogP contribution is -2.50. The highest BCUT2D eigenvalue weighted by molar-refractivity contribution is 5.84. The highest BCUT2D eigenvalue weighted by Gasteiger charge is 2.49. The number of carbonyl (C=O) groups excluding carboxylic acids is 4. The van der Waals surface area contributed by atoms with Crippen molar-refractivity contribution in [3.05, 3.63) is 12.2 Å². The number of fused-ring (bicyclic) bond motifs is 4. The van der Waals surface area contributed by atoms with Crippen LogP contribution in [-0.2, 0) is 19.2 Å². The van der Waals surface area contributed by atoms with E-state index in [4.69, 9.17) is 0 Å². The van der Waals surface area contributed by atoms with E-state index in [1.807, 2.05) is 28.2 Å². The van der Waals surface area contributed by atoms with Gasteiger partial charge in [-0.2, -0.15) is 0 Å². The molecule has 4 saturated heterocycles. The van der Waals surface area contributed by atoms with Crippen molar-refractivity contribution in [1.82, 2.24) is 40.9 Å². The average molecular weight is 945 g/mol. The summed E-state index contributed by atoms with van der Waals surface area (Å²) in [5, 5.41) is 12.7. The van der Waals surface area contributed by atoms with Gasteiger partial charge in [-0.05, 0) is 230 Å². The van der Waals surface area contributed by atoms with E-state index >= 15 is 0 Å². The molecule has 11 rings (SSSR count). The van der Waals surface area contributed by atoms with E-state index in [1.54, 1.807) is 0 Å². The molecule has 12 heteroatoms. The number of hydrogen-bond acceptors (Lipinski definition) is 8. The summed E-state index contributed by atoms with van der Waals surface area (Å²) in [5.41, 5.74) is 0. The lowest BCUT2D eigenvalue weighted by atomic mass is 9.84. The largest absolute Gasteiger partial charge is 0.341 e. The highest BCUT2D eigenvalue weighted by atomic mass is 16.2. The third-order valence-corrected chi connectivity index (χ3v) is 19.2. The fraction of sp³-hybridized carbons (Fsp3) is 0.893. The van der Waals surface area contributed by atoms with Crippen LogP contribution in [0.2, 0.25) is 0 Å². The van der Waals surface area contributed by atoms with Gasteiger partial charge in [0.1, 0.15) is 0 Å². The highest BCUT2D eigenvalue weighted by Crippen LogP contribution is 2.55. The molecule has 0 aromatic carbocycles. The molecule has 4 aliphatic heterocycles. The predicted molar refractivity (Wildman–Crippen MR) is 273 cm³/mol. The number of allylic oxidation sites excluding steroid dienone is 1. The molecule has 11 aliphatic rings. The maximum atomic E-state index is 12.6. The molecule has 10 fully saturated rings. The fourth-order valence-corrected chi connectivity index (χ4v) is 14.9. The monoisotopic (exact) mass is 945 g/mol. The van der Waals surface area contributed by atoms with Crippen molar-refractivity contribution in [2.75, 3.05) is 60.9 Å². The van der Waals surface area contributed by atoms with Crippen molar-refractivity contribution in [2.45, 2.75) is 216 Å². The standard InChI is InChI=1S/C15H26N2O.2C14H24N2O.C13H22N2O/c1-16-14-4-2-3-7-17(15(14)18)13-9-11-5-6-12(8-11)10-13;1-15-13-4-2-3-7-16(14(13)17)12-6-5-10-8-11(10)9-12;1-15-13-4-2-3-7-16(14(13)17)9-11-6-5-10-8-12(10)11;1-14-12-9-5-6-10-15(13(12)16)11-7-3-2-4-8-11/h11-14,16H,2-10H2,1H3;2*10-13,15H,2-9H2,1H3;2-3,11-12,14H,4-10H2,1H3. The first kappa shape index (κ1) is 51.8. The van der Waals surface area contributed by atoms with E-state index in [-0.39, 0.29) is 24.2 Å². The number of nitrogens with zero attached hydrogens (tertiary/aromatic N) is 4. The molecule has 2 bridgehead atoms. The molecule has 12 nitrogen and oxygen atoms in total. The normalized spacial score (nSPS) is 39.1. The minimum Gasteiger partial charge on any atom is -0.341 e. The number of rotatable bonds is 9. The van der Waals surface area contributed by atoms with Gasteiger partial charge in [-0.25, -0.2) is 0 Å². The molecule has 13 unspecified atom stereocenters. The first-order valence-corrected chi connectivity index (χ1v) is 28.7. The topological polar surface area (TPSA) is 129 Å². The molecular weight excluding hydrogens is 849 g/mol. The van der Waals surface area contributed by atoms with Gasteiger partial charge in [0.2, 0.25) is 23.6 Å². The summed E-state index contributed by atoms with van der Waals surface area (Å²) in [4.78, 5) is 58.4. The van der Waals surface area contributed by atoms with Gasteiger partial charge in [0.15, 0.2) is 0 Å². The Balaban J connectivity index is 0.000000123. The van der Waals surface area contributed by atoms with Gasteiger partial charge in [-0.1, -0.05) is 25.0 Å². The van der Waals surface area contributed by atoms with Crippen molar-refractivity contribution in [3.63, 3.8) is 0 Å². The number of carbonyl (C=O) groups is 4. The lowest BCUT2D eigenvalue weighted by Gasteiger charge is -2.37. The SMILES string of the molecule is CNC1CCCCN(C2CC3CCC(C3)C2)C1=O.CNC1CCCCN(C2CC=CCC2)C1=O.CNC1CCCCN(C2CCC3CC3C2)C1=O.CNC1CCCCN(CC2CCC3CC32)C1=O. The predicted octanol–water partition coefficient (Wildman–Crippen LogP) is 7.27. The molecular formula is C56H96N8O4. The lowest BCUT2D eigenvalue weighted by molar-refractivity contribution is -0.136. The van der Waals surface area contributed by atoms with Crippen LogP contribution in [0.1, 0.15) is 173 Å². The Morgan fingerprint density at radius 3 is 1.43 bits per heavy atom. The Morgan fingerprint density at radius 1 is 0.426 bits per heavy atom. The molecule has 0 radical (unpaired) electrons. The molecule has 0 spiro atoms. The average Bonchev–Trinajstić information content (AvgIpc) is 4.29. The van der Waals surface area contributed by atoms with Gasteiger partial charge in [-0.15, -0.1) is 0 Å². The summed E-state index contributed by atoms with van der Waals surface area (Å²) >= 11 is 0. The first-order chi connectivity index (χ1) is 33.2. The second-order valence-electron chi connectivity index (χ2n) is 23.6. The summed E-state index contributed by atoms with van der Waals surface area (Å²) in [6.45, 7) is 4.98. The minimum atomic E-state index is 0.0495. The Labute approximate surface area is 412 Å². The van der Waals surface area contributed by atoms with E-state index in [0.29, 0.717) is 41.8 Å². The van der Waals surface area contributed by atoms with Crippen LogP contribution >= 0.6 is 0 Å². The van der Waals surface area contributed by atoms with Crippen LogP contribution in [0, 0.1) is 41.4 Å². The van der Waals surface area contributed by atoms with Crippen molar-refractivity contribution in [2.24, 2.45) is 41.4 Å². The third kappa shape index (κ3) is 13.3. The molecule has 6 saturated carbocycles. The molecule has 4 N–H and O–H groups in total. The van der Waals surface area contributed by atoms with Gasteiger partial charge < -0.3 is 40.9 Å². The van der Waals surface area contributed by atoms with E-state index in [0.717, 1.165) is 132 Å². The Bertz CT molecular complexity index is 1670. The van der Waals surface area contributed by atoms with Crippen molar-refractivity contribution in [1.29, 1.82) is 0 Å². The Morgan fingerprint density at radius 2 is 0.941 bits per heavy atom. The number of likely N-dealkylation sites (N-methyl/N-ethyl adjacent to an activating group) is 4. The summed E-state index contributed by atoms with van der Waals surface area (Å²) in [6, 6.07) is 1.84. The van der Waals surface area contributed by atoms with Crippen LogP contribution in [0.3, 0.4) is 0 Å². The van der Waals surface area contributed by atoms with Gasteiger partial charge >= 0.3 is 0 Å². The van der Waals surface area contributed by atoms with Gasteiger partial charge in [0.25, 0.3) is 0 Å². The quantitative estimate of drug-likeness (QED) is 0.178. The van der Waals surface area contributed by atoms with Crippen molar-refractivity contribution < 1.29 is 19.2 Å². The number of hydrogen-bond donors (Lipinski definition) is 4. The van der Waals surface area contributed by atoms with Crippen LogP contribution in [0.15, 0.2) is 12.2 Å². The maximum absolute atomic E-state index is 12.6. The zero-order valence-corrected chi connectivity index (χ0v) is 43.3. The summed E-state index contributed by atoms with van der Waals surface area (Å²) in [6.07, 6.45) is 37.6. The minimum absolute atomic E-state index is 0.0495. The van der Waals surface area contributed by atoms with Gasteiger partial charge in [-0.3, -0.25) is 19.2 Å². The van der Waals surface area contributed by atoms with Crippen molar-refractivity contribution >= 4 is 23.6 Å². The second-order valence-corrected chi connectivity index (χ2v) is 23.6. The van der Waals surface area contributed by atoms with E-state index in [1.165, 1.54) is 116 Å². The second kappa shape index (κ2) is 25.2. The van der Waals surface area contributed by atoms with Crippen LogP contribution in [-0.4, -0.2) is 146 Å². The van der Waals surface area contributed by atoms with E-state index in [2.05, 4.69) is 53.0 Å². The summed E-state index contributed by atoms with van der Waals surface area (Å²) in [5.74, 6) is 8.05. The van der Waals surface area contributed by atoms with Gasteiger partial charge in [0.05, 0.1) is 24.2 Å². The summed E-state index contributed by atoms with van der Waals surface area (Å²) in [7, 11) is 7.66. The molecule has 384 valence electrons. The van der Waals surface area contributed by atoms with E-state index in [9.17, 15) is 19.2 Å². The first-order valence-electron chi connectivity index (χ1n) is 28.7. The molecule has 4 amide bonds. The van der Waals surface area contributed by atoms with Crippen LogP contribution in [0.5, 0.6) is 0 Å². The Kier molecular flexibility index (Phi) is 19.2. The molecule has 0 aromatic heterocycles. The van der Waals surface area contributed by atoms with E-state index < -0.39 is 0 Å². The van der Waals surface area contributed by atoms with Crippen LogP contribution in [0.25, 0.3) is 0 Å². The van der Waals surface area contributed by atoms with Crippen LogP contribution < -0.4 is 21.3 Å². The molecule has 13 atom stereocenters. The molecule has 68 heavy (non-hydrogen) atoms. The third-order valence-electron chi connectivity index (χ3n) is 19.2. The van der Waals surface area contributed by atoms with Crippen molar-refractivity contribution in [3.8, 4) is 0 Å². The van der Waals surface area contributed by atoms with Crippen LogP contribution in [0.4, 0.5) is 0 Å². The smallest absolute Gasteiger partial charge is 0.239 e.